The Morgan fingerprint density at radius 3 is 2.24 bits per heavy atom. The van der Waals surface area contributed by atoms with Gasteiger partial charge in [0.2, 0.25) is 5.75 Å². The molecule has 6 heteroatoms. The Morgan fingerprint density at radius 1 is 0.970 bits per heavy atom. The van der Waals surface area contributed by atoms with Crippen molar-refractivity contribution in [2.75, 3.05) is 6.54 Å². The summed E-state index contributed by atoms with van der Waals surface area (Å²) in [4.78, 5) is 32.9. The maximum atomic E-state index is 13.5. The first kappa shape index (κ1) is 22.8. The molecule has 0 fully saturated rings. The summed E-state index contributed by atoms with van der Waals surface area (Å²) in [6.07, 6.45) is 0.535. The van der Waals surface area contributed by atoms with Gasteiger partial charge in [0.1, 0.15) is 12.4 Å². The second-order valence-corrected chi connectivity index (χ2v) is 9.46. The summed E-state index contributed by atoms with van der Waals surface area (Å²) < 4.78 is 7.84. The van der Waals surface area contributed by atoms with Gasteiger partial charge in [-0.15, -0.1) is 0 Å². The second-order valence-electron chi connectivity index (χ2n) is 9.46. The van der Waals surface area contributed by atoms with E-state index in [-0.39, 0.29) is 29.7 Å². The van der Waals surface area contributed by atoms with Crippen LogP contribution in [0.15, 0.2) is 65.5 Å². The standard InChI is InChI=1S/C27H31N3O3/c1-19(2)29-15-16-30-22(17-27(3,4)21-13-9-6-10-14-21)28-25(31)24(23(30)26(29)32)33-18-20-11-7-5-8-12-20/h5-14,19H,15-18H2,1-4H3. The van der Waals surface area contributed by atoms with E-state index in [1.165, 1.54) is 0 Å². The van der Waals surface area contributed by atoms with Crippen LogP contribution >= 0.6 is 0 Å². The molecule has 172 valence electrons. The van der Waals surface area contributed by atoms with E-state index in [4.69, 9.17) is 4.74 Å². The van der Waals surface area contributed by atoms with Crippen molar-refractivity contribution in [1.29, 1.82) is 0 Å². The summed E-state index contributed by atoms with van der Waals surface area (Å²) in [5, 5.41) is 0. The Morgan fingerprint density at radius 2 is 1.61 bits per heavy atom. The fraction of sp³-hybridized carbons (Fsp3) is 0.370. The van der Waals surface area contributed by atoms with Crippen molar-refractivity contribution in [3.05, 3.63) is 93.7 Å². The molecule has 3 aromatic rings. The number of hydrogen-bond donors (Lipinski definition) is 0. The molecule has 0 bridgehead atoms. The molecular weight excluding hydrogens is 414 g/mol. The summed E-state index contributed by atoms with van der Waals surface area (Å²) in [7, 11) is 0. The van der Waals surface area contributed by atoms with Crippen molar-refractivity contribution in [1.82, 2.24) is 14.5 Å². The predicted molar refractivity (Wildman–Crippen MR) is 129 cm³/mol. The van der Waals surface area contributed by atoms with E-state index in [1.54, 1.807) is 4.90 Å². The van der Waals surface area contributed by atoms with E-state index in [2.05, 4.69) is 31.0 Å². The average molecular weight is 446 g/mol. The number of benzene rings is 2. The zero-order valence-corrected chi connectivity index (χ0v) is 19.7. The van der Waals surface area contributed by atoms with Crippen molar-refractivity contribution < 1.29 is 9.53 Å². The topological polar surface area (TPSA) is 64.4 Å². The number of rotatable bonds is 7. The zero-order chi connectivity index (χ0) is 23.6. The molecule has 1 aliphatic heterocycles. The molecule has 0 aliphatic carbocycles. The van der Waals surface area contributed by atoms with Gasteiger partial charge in [0.15, 0.2) is 5.69 Å². The molecule has 2 aromatic carbocycles. The fourth-order valence-electron chi connectivity index (χ4n) is 4.35. The number of nitrogens with zero attached hydrogens (tertiary/aromatic N) is 3. The molecule has 1 aliphatic rings. The molecule has 6 nitrogen and oxygen atoms in total. The monoisotopic (exact) mass is 445 g/mol. The van der Waals surface area contributed by atoms with E-state index in [9.17, 15) is 9.59 Å². The molecule has 2 heterocycles. The number of hydrogen-bond acceptors (Lipinski definition) is 4. The first-order valence-electron chi connectivity index (χ1n) is 11.4. The van der Waals surface area contributed by atoms with Crippen molar-refractivity contribution >= 4 is 5.91 Å². The number of carbonyl (C=O) groups is 1. The molecule has 0 saturated heterocycles. The van der Waals surface area contributed by atoms with Gasteiger partial charge < -0.3 is 14.2 Å². The van der Waals surface area contributed by atoms with Crippen molar-refractivity contribution in [2.45, 2.75) is 58.7 Å². The molecule has 0 radical (unpaired) electrons. The lowest BCUT2D eigenvalue weighted by molar-refractivity contribution is 0.0633. The Labute approximate surface area is 194 Å². The molecule has 0 spiro atoms. The van der Waals surface area contributed by atoms with Crippen LogP contribution in [0.1, 0.15) is 55.1 Å². The van der Waals surface area contributed by atoms with E-state index in [0.717, 1.165) is 11.1 Å². The average Bonchev–Trinajstić information content (AvgIpc) is 2.80. The Balaban J connectivity index is 1.76. The van der Waals surface area contributed by atoms with Crippen molar-refractivity contribution in [3.63, 3.8) is 0 Å². The largest absolute Gasteiger partial charge is 0.481 e. The predicted octanol–water partition coefficient (Wildman–Crippen LogP) is 4.21. The highest BCUT2D eigenvalue weighted by Gasteiger charge is 2.34. The van der Waals surface area contributed by atoms with Gasteiger partial charge in [-0.25, -0.2) is 0 Å². The quantitative estimate of drug-likeness (QED) is 0.547. The molecule has 0 saturated carbocycles. The molecule has 1 amide bonds. The van der Waals surface area contributed by atoms with E-state index in [1.807, 2.05) is 66.9 Å². The number of carbonyl (C=O) groups excluding carboxylic acids is 1. The second kappa shape index (κ2) is 9.22. The lowest BCUT2D eigenvalue weighted by Crippen LogP contribution is -2.47. The summed E-state index contributed by atoms with van der Waals surface area (Å²) in [6.45, 7) is 9.58. The molecule has 33 heavy (non-hydrogen) atoms. The highest BCUT2D eigenvalue weighted by molar-refractivity contribution is 5.96. The van der Waals surface area contributed by atoms with Crippen LogP contribution in [0.25, 0.3) is 0 Å². The SMILES string of the molecule is CC(C)N1CCn2c(CC(C)(C)c3ccccc3)nc(=O)c(OCc3ccccc3)c2C1=O. The van der Waals surface area contributed by atoms with Crippen LogP contribution in [0.2, 0.25) is 0 Å². The Hall–Kier alpha value is -3.41. The minimum Gasteiger partial charge on any atom is -0.481 e. The van der Waals surface area contributed by atoms with Gasteiger partial charge in [0, 0.05) is 25.6 Å². The first-order valence-corrected chi connectivity index (χ1v) is 11.4. The highest BCUT2D eigenvalue weighted by Crippen LogP contribution is 2.30. The number of aromatic nitrogens is 2. The van der Waals surface area contributed by atoms with Crippen LogP contribution in [0, 0.1) is 0 Å². The minimum absolute atomic E-state index is 0.0284. The summed E-state index contributed by atoms with van der Waals surface area (Å²) in [6, 6.07) is 19.8. The molecule has 4 rings (SSSR count). The van der Waals surface area contributed by atoms with E-state index < -0.39 is 5.56 Å². The molecular formula is C27H31N3O3. The van der Waals surface area contributed by atoms with Crippen molar-refractivity contribution in [3.8, 4) is 5.75 Å². The van der Waals surface area contributed by atoms with Crippen LogP contribution in [0.4, 0.5) is 0 Å². The van der Waals surface area contributed by atoms with Crippen LogP contribution in [-0.2, 0) is 25.0 Å². The van der Waals surface area contributed by atoms with E-state index >= 15 is 0 Å². The third-order valence-corrected chi connectivity index (χ3v) is 6.25. The minimum atomic E-state index is -0.491. The number of fused-ring (bicyclic) bond motifs is 1. The maximum absolute atomic E-state index is 13.5. The lowest BCUT2D eigenvalue weighted by atomic mass is 9.81. The normalized spacial score (nSPS) is 13.8. The summed E-state index contributed by atoms with van der Waals surface area (Å²) in [5.74, 6) is 0.473. The zero-order valence-electron chi connectivity index (χ0n) is 19.7. The van der Waals surface area contributed by atoms with Crippen LogP contribution in [-0.4, -0.2) is 32.9 Å². The summed E-state index contributed by atoms with van der Waals surface area (Å²) >= 11 is 0. The third kappa shape index (κ3) is 4.70. The molecule has 0 N–H and O–H groups in total. The van der Waals surface area contributed by atoms with Gasteiger partial charge >= 0.3 is 5.56 Å². The maximum Gasteiger partial charge on any atom is 0.316 e. The van der Waals surface area contributed by atoms with Crippen LogP contribution in [0.3, 0.4) is 0 Å². The van der Waals surface area contributed by atoms with Gasteiger partial charge in [-0.05, 0) is 30.4 Å². The third-order valence-electron chi connectivity index (χ3n) is 6.25. The molecule has 0 atom stereocenters. The van der Waals surface area contributed by atoms with Gasteiger partial charge in [-0.3, -0.25) is 9.59 Å². The van der Waals surface area contributed by atoms with E-state index in [0.29, 0.717) is 31.0 Å². The molecule has 1 aromatic heterocycles. The Bertz CT molecular complexity index is 1180. The number of amides is 1. The van der Waals surface area contributed by atoms with Gasteiger partial charge in [0.05, 0.1) is 0 Å². The Kier molecular flexibility index (Phi) is 6.36. The fourth-order valence-corrected chi connectivity index (χ4v) is 4.35. The van der Waals surface area contributed by atoms with Crippen LogP contribution in [0.5, 0.6) is 5.75 Å². The summed E-state index contributed by atoms with van der Waals surface area (Å²) in [5.41, 5.74) is 1.64. The highest BCUT2D eigenvalue weighted by atomic mass is 16.5. The van der Waals surface area contributed by atoms with Gasteiger partial charge in [-0.1, -0.05) is 74.5 Å². The number of ether oxygens (including phenoxy) is 1. The van der Waals surface area contributed by atoms with Gasteiger partial charge in [-0.2, -0.15) is 4.98 Å². The molecule has 0 unspecified atom stereocenters. The van der Waals surface area contributed by atoms with Crippen molar-refractivity contribution in [2.24, 2.45) is 0 Å². The first-order chi connectivity index (χ1) is 15.8. The van der Waals surface area contributed by atoms with Crippen LogP contribution < -0.4 is 10.3 Å². The smallest absolute Gasteiger partial charge is 0.316 e. The van der Waals surface area contributed by atoms with Gasteiger partial charge in [0.25, 0.3) is 5.91 Å². The lowest BCUT2D eigenvalue weighted by Gasteiger charge is -2.35.